The van der Waals surface area contributed by atoms with E-state index in [1.54, 1.807) is 25.4 Å². The van der Waals surface area contributed by atoms with E-state index in [4.69, 9.17) is 9.47 Å². The van der Waals surface area contributed by atoms with Crippen LogP contribution < -0.4 is 10.1 Å². The summed E-state index contributed by atoms with van der Waals surface area (Å²) in [6, 6.07) is 3.55. The van der Waals surface area contributed by atoms with E-state index in [2.05, 4.69) is 17.2 Å². The van der Waals surface area contributed by atoms with Crippen molar-refractivity contribution in [2.24, 2.45) is 5.92 Å². The molecule has 2 atom stereocenters. The van der Waals surface area contributed by atoms with E-state index in [0.29, 0.717) is 24.1 Å². The largest absolute Gasteiger partial charge is 0.478 e. The molecule has 0 spiro atoms. The molecule has 1 aromatic heterocycles. The Morgan fingerprint density at radius 1 is 1.52 bits per heavy atom. The molecule has 1 aliphatic rings. The molecule has 1 heterocycles. The van der Waals surface area contributed by atoms with Gasteiger partial charge in [0.2, 0.25) is 5.88 Å². The first-order valence-electron chi connectivity index (χ1n) is 7.55. The van der Waals surface area contributed by atoms with E-state index < -0.39 is 5.60 Å². The Morgan fingerprint density at radius 2 is 2.33 bits per heavy atom. The van der Waals surface area contributed by atoms with Gasteiger partial charge in [0.25, 0.3) is 5.91 Å². The highest BCUT2D eigenvalue weighted by molar-refractivity contribution is 5.97. The third kappa shape index (κ3) is 3.73. The van der Waals surface area contributed by atoms with Crippen molar-refractivity contribution in [2.75, 3.05) is 19.0 Å². The monoisotopic (exact) mass is 292 g/mol. The van der Waals surface area contributed by atoms with Gasteiger partial charge in [0.1, 0.15) is 5.60 Å². The van der Waals surface area contributed by atoms with Crippen molar-refractivity contribution in [3.8, 4) is 5.88 Å². The number of pyridine rings is 1. The van der Waals surface area contributed by atoms with Gasteiger partial charge in [0, 0.05) is 13.2 Å². The SMILES string of the molecule is CCOc1ccc(NC(=O)[C@@]2(OC)CCC[C@@H](C)C2)cn1. The lowest BCUT2D eigenvalue weighted by molar-refractivity contribution is -0.143. The van der Waals surface area contributed by atoms with Crippen LogP contribution >= 0.6 is 0 Å². The quantitative estimate of drug-likeness (QED) is 0.906. The van der Waals surface area contributed by atoms with Crippen LogP contribution in [0.4, 0.5) is 5.69 Å². The number of aromatic nitrogens is 1. The van der Waals surface area contributed by atoms with Gasteiger partial charge in [-0.1, -0.05) is 13.3 Å². The van der Waals surface area contributed by atoms with Gasteiger partial charge in [-0.25, -0.2) is 4.98 Å². The number of rotatable bonds is 5. The molecule has 1 amide bonds. The minimum atomic E-state index is -0.712. The zero-order valence-electron chi connectivity index (χ0n) is 13.0. The van der Waals surface area contributed by atoms with E-state index in [1.165, 1.54) is 0 Å². The maximum Gasteiger partial charge on any atom is 0.256 e. The lowest BCUT2D eigenvalue weighted by Gasteiger charge is -2.37. The first kappa shape index (κ1) is 15.8. The summed E-state index contributed by atoms with van der Waals surface area (Å²) in [5.41, 5.74) is -0.0471. The Hall–Kier alpha value is -1.62. The van der Waals surface area contributed by atoms with Crippen LogP contribution in [0.3, 0.4) is 0 Å². The second kappa shape index (κ2) is 6.89. The third-order valence-electron chi connectivity index (χ3n) is 4.05. The van der Waals surface area contributed by atoms with Crippen LogP contribution in [0.5, 0.6) is 5.88 Å². The van der Waals surface area contributed by atoms with Crippen molar-refractivity contribution in [2.45, 2.75) is 45.1 Å². The molecule has 0 saturated heterocycles. The summed E-state index contributed by atoms with van der Waals surface area (Å²) in [7, 11) is 1.62. The van der Waals surface area contributed by atoms with Crippen molar-refractivity contribution in [3.05, 3.63) is 18.3 Å². The fraction of sp³-hybridized carbons (Fsp3) is 0.625. The van der Waals surface area contributed by atoms with Gasteiger partial charge in [0.05, 0.1) is 18.5 Å². The highest BCUT2D eigenvalue weighted by atomic mass is 16.5. The molecule has 5 heteroatoms. The van der Waals surface area contributed by atoms with Crippen molar-refractivity contribution >= 4 is 11.6 Å². The fourth-order valence-electron chi connectivity index (χ4n) is 2.92. The number of amides is 1. The predicted molar refractivity (Wildman–Crippen MR) is 81.4 cm³/mol. The van der Waals surface area contributed by atoms with Crippen LogP contribution in [-0.2, 0) is 9.53 Å². The summed E-state index contributed by atoms with van der Waals surface area (Å²) in [4.78, 5) is 16.7. The van der Waals surface area contributed by atoms with Crippen LogP contribution in [0.1, 0.15) is 39.5 Å². The summed E-state index contributed by atoms with van der Waals surface area (Å²) < 4.78 is 10.9. The molecule has 0 radical (unpaired) electrons. The number of nitrogens with one attached hydrogen (secondary N) is 1. The Balaban J connectivity index is 2.05. The molecular formula is C16H24N2O3. The van der Waals surface area contributed by atoms with Crippen LogP contribution in [-0.4, -0.2) is 30.2 Å². The van der Waals surface area contributed by atoms with Gasteiger partial charge in [-0.3, -0.25) is 4.79 Å². The number of carbonyl (C=O) groups is 1. The molecule has 2 rings (SSSR count). The number of carbonyl (C=O) groups excluding carboxylic acids is 1. The molecule has 1 fully saturated rings. The first-order chi connectivity index (χ1) is 10.1. The van der Waals surface area contributed by atoms with E-state index in [0.717, 1.165) is 25.7 Å². The van der Waals surface area contributed by atoms with Gasteiger partial charge in [0.15, 0.2) is 0 Å². The summed E-state index contributed by atoms with van der Waals surface area (Å²) in [5, 5.41) is 2.91. The molecule has 0 bridgehead atoms. The van der Waals surface area contributed by atoms with Crippen molar-refractivity contribution in [1.29, 1.82) is 0 Å². The average molecular weight is 292 g/mol. The van der Waals surface area contributed by atoms with Crippen LogP contribution in [0.25, 0.3) is 0 Å². The fourth-order valence-corrected chi connectivity index (χ4v) is 2.92. The normalized spacial score (nSPS) is 25.4. The molecule has 0 unspecified atom stereocenters. The summed E-state index contributed by atoms with van der Waals surface area (Å²) in [5.74, 6) is 0.980. The highest BCUT2D eigenvalue weighted by Gasteiger charge is 2.41. The van der Waals surface area contributed by atoms with Gasteiger partial charge < -0.3 is 14.8 Å². The zero-order chi connectivity index (χ0) is 15.3. The molecule has 1 saturated carbocycles. The Kier molecular flexibility index (Phi) is 5.17. The predicted octanol–water partition coefficient (Wildman–Crippen LogP) is 3.01. The first-order valence-corrected chi connectivity index (χ1v) is 7.55. The molecule has 5 nitrogen and oxygen atoms in total. The number of methoxy groups -OCH3 is 1. The second-order valence-corrected chi connectivity index (χ2v) is 5.67. The van der Waals surface area contributed by atoms with Gasteiger partial charge in [-0.05, 0) is 38.2 Å². The molecule has 1 aromatic rings. The topological polar surface area (TPSA) is 60.5 Å². The van der Waals surface area contributed by atoms with E-state index in [1.807, 2.05) is 6.92 Å². The summed E-state index contributed by atoms with van der Waals surface area (Å²) in [6.07, 6.45) is 5.31. The Bertz CT molecular complexity index is 475. The van der Waals surface area contributed by atoms with Crippen LogP contribution in [0.15, 0.2) is 18.3 Å². The summed E-state index contributed by atoms with van der Waals surface area (Å²) >= 11 is 0. The molecule has 116 valence electrons. The minimum Gasteiger partial charge on any atom is -0.478 e. The number of hydrogen-bond acceptors (Lipinski definition) is 4. The van der Waals surface area contributed by atoms with Gasteiger partial charge in [-0.15, -0.1) is 0 Å². The van der Waals surface area contributed by atoms with Crippen molar-refractivity contribution in [3.63, 3.8) is 0 Å². The number of hydrogen-bond donors (Lipinski definition) is 1. The van der Waals surface area contributed by atoms with Crippen molar-refractivity contribution < 1.29 is 14.3 Å². The van der Waals surface area contributed by atoms with Crippen LogP contribution in [0, 0.1) is 5.92 Å². The van der Waals surface area contributed by atoms with E-state index in [9.17, 15) is 4.79 Å². The lowest BCUT2D eigenvalue weighted by Crippen LogP contribution is -2.47. The second-order valence-electron chi connectivity index (χ2n) is 5.67. The number of ether oxygens (including phenoxy) is 2. The molecule has 1 N–H and O–H groups in total. The van der Waals surface area contributed by atoms with E-state index >= 15 is 0 Å². The standard InChI is InChI=1S/C16H24N2O3/c1-4-21-14-8-7-13(11-17-14)18-15(19)16(20-3)9-5-6-12(2)10-16/h7-8,11-12H,4-6,9-10H2,1-3H3,(H,18,19)/t12-,16-/m1/s1. The Morgan fingerprint density at radius 3 is 2.90 bits per heavy atom. The Labute approximate surface area is 126 Å². The highest BCUT2D eigenvalue weighted by Crippen LogP contribution is 2.35. The molecule has 1 aliphatic carbocycles. The molecule has 0 aliphatic heterocycles. The maximum absolute atomic E-state index is 12.6. The number of nitrogens with zero attached hydrogens (tertiary/aromatic N) is 1. The van der Waals surface area contributed by atoms with Crippen molar-refractivity contribution in [1.82, 2.24) is 4.98 Å². The smallest absolute Gasteiger partial charge is 0.256 e. The van der Waals surface area contributed by atoms with Gasteiger partial charge in [-0.2, -0.15) is 0 Å². The van der Waals surface area contributed by atoms with E-state index in [-0.39, 0.29) is 5.91 Å². The summed E-state index contributed by atoms with van der Waals surface area (Å²) in [6.45, 7) is 4.64. The number of anilines is 1. The lowest BCUT2D eigenvalue weighted by atomic mass is 9.78. The molecule has 21 heavy (non-hydrogen) atoms. The maximum atomic E-state index is 12.6. The zero-order valence-corrected chi connectivity index (χ0v) is 13.0. The third-order valence-corrected chi connectivity index (χ3v) is 4.05. The van der Waals surface area contributed by atoms with Crippen LogP contribution in [0.2, 0.25) is 0 Å². The average Bonchev–Trinajstić information content (AvgIpc) is 2.49. The molecular weight excluding hydrogens is 268 g/mol. The van der Waals surface area contributed by atoms with Gasteiger partial charge >= 0.3 is 0 Å². The molecule has 0 aromatic carbocycles. The minimum absolute atomic E-state index is 0.0810.